The number of nitrogens with zero attached hydrogens (tertiary/aromatic N) is 1. The van der Waals surface area contributed by atoms with E-state index in [0.717, 1.165) is 47.0 Å². The van der Waals surface area contributed by atoms with Crippen LogP contribution in [0.2, 0.25) is 0 Å². The van der Waals surface area contributed by atoms with Crippen molar-refractivity contribution in [1.82, 2.24) is 4.98 Å². The largest absolute Gasteiger partial charge is 0.248 e. The Morgan fingerprint density at radius 2 is 1.70 bits per heavy atom. The van der Waals surface area contributed by atoms with Gasteiger partial charge in [0, 0.05) is 16.5 Å². The summed E-state index contributed by atoms with van der Waals surface area (Å²) in [6.45, 7) is 2.18. The summed E-state index contributed by atoms with van der Waals surface area (Å²) in [5, 5.41) is 1.10. The van der Waals surface area contributed by atoms with Crippen LogP contribution < -0.4 is 0 Å². The van der Waals surface area contributed by atoms with Crippen LogP contribution in [-0.4, -0.2) is 4.98 Å². The Morgan fingerprint density at radius 3 is 2.59 bits per heavy atom. The Kier molecular flexibility index (Phi) is 4.97. The minimum absolute atomic E-state index is 0.202. The Labute approximate surface area is 159 Å². The number of hydrogen-bond donors (Lipinski definition) is 0. The Hall–Kier alpha value is -3.00. The van der Waals surface area contributed by atoms with Gasteiger partial charge in [-0.15, -0.1) is 0 Å². The second kappa shape index (κ2) is 7.71. The molecule has 0 N–H and O–H groups in total. The average molecular weight is 355 g/mol. The maximum atomic E-state index is 14.6. The first-order chi connectivity index (χ1) is 13.2. The number of aryl methyl sites for hydroxylation is 1. The van der Waals surface area contributed by atoms with Gasteiger partial charge in [0.1, 0.15) is 5.82 Å². The number of rotatable bonds is 5. The molecule has 0 aliphatic rings. The molecule has 1 aromatic heterocycles. The number of benzene rings is 3. The molecule has 0 saturated carbocycles. The lowest BCUT2D eigenvalue weighted by Gasteiger charge is -2.10. The minimum atomic E-state index is -0.202. The maximum absolute atomic E-state index is 14.6. The lowest BCUT2D eigenvalue weighted by Crippen LogP contribution is -1.91. The zero-order chi connectivity index (χ0) is 18.6. The van der Waals surface area contributed by atoms with E-state index in [2.05, 4.69) is 25.1 Å². The summed E-state index contributed by atoms with van der Waals surface area (Å²) in [5.74, 6) is -0.202. The first-order valence-electron chi connectivity index (χ1n) is 9.49. The molecule has 2 heteroatoms. The van der Waals surface area contributed by atoms with Gasteiger partial charge in [-0.05, 0) is 54.3 Å². The van der Waals surface area contributed by atoms with Gasteiger partial charge in [-0.25, -0.2) is 9.37 Å². The normalized spacial score (nSPS) is 11.0. The summed E-state index contributed by atoms with van der Waals surface area (Å²) >= 11 is 0. The van der Waals surface area contributed by atoms with Crippen LogP contribution in [0.4, 0.5) is 4.39 Å². The Morgan fingerprint density at radius 1 is 0.815 bits per heavy atom. The number of aromatic nitrogens is 1. The Balaban J connectivity index is 1.75. The molecule has 0 aliphatic heterocycles. The molecule has 0 amide bonds. The highest BCUT2D eigenvalue weighted by molar-refractivity contribution is 5.82. The minimum Gasteiger partial charge on any atom is -0.248 e. The van der Waals surface area contributed by atoms with Gasteiger partial charge < -0.3 is 0 Å². The third-order valence-corrected chi connectivity index (χ3v) is 4.92. The molecule has 0 radical (unpaired) electrons. The Bertz CT molecular complexity index is 1080. The van der Waals surface area contributed by atoms with E-state index in [0.29, 0.717) is 5.56 Å². The van der Waals surface area contributed by atoms with E-state index in [1.165, 1.54) is 5.56 Å². The van der Waals surface area contributed by atoms with Crippen molar-refractivity contribution in [2.75, 3.05) is 0 Å². The van der Waals surface area contributed by atoms with E-state index in [-0.39, 0.29) is 5.82 Å². The van der Waals surface area contributed by atoms with Crippen molar-refractivity contribution in [3.05, 3.63) is 90.2 Å². The van der Waals surface area contributed by atoms with Gasteiger partial charge in [0.25, 0.3) is 0 Å². The summed E-state index contributed by atoms with van der Waals surface area (Å²) in [7, 11) is 0. The molecule has 0 spiro atoms. The van der Waals surface area contributed by atoms with Crippen LogP contribution in [0.25, 0.3) is 33.3 Å². The molecule has 1 nitrogen and oxygen atoms in total. The molecule has 0 aliphatic carbocycles. The smallest absolute Gasteiger partial charge is 0.131 e. The number of fused-ring (bicyclic) bond motifs is 1. The number of pyridine rings is 1. The van der Waals surface area contributed by atoms with E-state index in [9.17, 15) is 4.39 Å². The maximum Gasteiger partial charge on any atom is 0.131 e. The fourth-order valence-corrected chi connectivity index (χ4v) is 3.41. The summed E-state index contributed by atoms with van der Waals surface area (Å²) in [5.41, 5.74) is 5.53. The van der Waals surface area contributed by atoms with Crippen molar-refractivity contribution in [2.45, 2.75) is 26.2 Å². The number of halogens is 1. The van der Waals surface area contributed by atoms with Crippen LogP contribution in [0.3, 0.4) is 0 Å². The van der Waals surface area contributed by atoms with Gasteiger partial charge in [0.15, 0.2) is 0 Å². The highest BCUT2D eigenvalue weighted by Crippen LogP contribution is 2.30. The molecule has 0 saturated heterocycles. The summed E-state index contributed by atoms with van der Waals surface area (Å²) < 4.78 is 14.6. The van der Waals surface area contributed by atoms with Crippen LogP contribution >= 0.6 is 0 Å². The van der Waals surface area contributed by atoms with Crippen molar-refractivity contribution in [3.63, 3.8) is 0 Å². The van der Waals surface area contributed by atoms with E-state index in [1.807, 2.05) is 48.5 Å². The van der Waals surface area contributed by atoms with Crippen molar-refractivity contribution in [2.24, 2.45) is 0 Å². The van der Waals surface area contributed by atoms with Crippen molar-refractivity contribution in [3.8, 4) is 22.4 Å². The number of para-hydroxylation sites is 1. The zero-order valence-electron chi connectivity index (χ0n) is 15.5. The van der Waals surface area contributed by atoms with E-state index in [4.69, 9.17) is 4.98 Å². The molecule has 3 aromatic carbocycles. The fourth-order valence-electron chi connectivity index (χ4n) is 3.41. The lowest BCUT2D eigenvalue weighted by atomic mass is 9.97. The van der Waals surface area contributed by atoms with Gasteiger partial charge in [-0.2, -0.15) is 0 Å². The summed E-state index contributed by atoms with van der Waals surface area (Å²) in [6, 6.07) is 25.6. The van der Waals surface area contributed by atoms with Gasteiger partial charge in [-0.1, -0.05) is 61.9 Å². The van der Waals surface area contributed by atoms with Crippen LogP contribution in [0, 0.1) is 5.82 Å². The van der Waals surface area contributed by atoms with E-state index >= 15 is 0 Å². The molecule has 0 atom stereocenters. The fraction of sp³-hybridized carbons (Fsp3) is 0.160. The van der Waals surface area contributed by atoms with Gasteiger partial charge >= 0.3 is 0 Å². The molecule has 27 heavy (non-hydrogen) atoms. The summed E-state index contributed by atoms with van der Waals surface area (Å²) in [4.78, 5) is 4.75. The number of unbranched alkanes of at least 4 members (excludes halogenated alkanes) is 1. The topological polar surface area (TPSA) is 12.9 Å². The monoisotopic (exact) mass is 355 g/mol. The molecular weight excluding hydrogens is 333 g/mol. The first kappa shape index (κ1) is 17.4. The highest BCUT2D eigenvalue weighted by Gasteiger charge is 2.10. The first-order valence-corrected chi connectivity index (χ1v) is 9.49. The lowest BCUT2D eigenvalue weighted by molar-refractivity contribution is 0.631. The van der Waals surface area contributed by atoms with Crippen LogP contribution in [0.15, 0.2) is 78.9 Å². The molecule has 4 aromatic rings. The van der Waals surface area contributed by atoms with E-state index < -0.39 is 0 Å². The zero-order valence-corrected chi connectivity index (χ0v) is 15.5. The SMILES string of the molecule is CCCCc1cccc(-c2cc(-c3ccc4ccccc4n3)ccc2F)c1. The molecule has 1 heterocycles. The van der Waals surface area contributed by atoms with Crippen LogP contribution in [-0.2, 0) is 6.42 Å². The number of hydrogen-bond acceptors (Lipinski definition) is 1. The summed E-state index contributed by atoms with van der Waals surface area (Å²) in [6.07, 6.45) is 3.33. The second-order valence-corrected chi connectivity index (χ2v) is 6.89. The molecule has 0 bridgehead atoms. The van der Waals surface area contributed by atoms with Crippen molar-refractivity contribution in [1.29, 1.82) is 0 Å². The molecule has 4 rings (SSSR count). The second-order valence-electron chi connectivity index (χ2n) is 6.89. The highest BCUT2D eigenvalue weighted by atomic mass is 19.1. The van der Waals surface area contributed by atoms with E-state index in [1.54, 1.807) is 12.1 Å². The van der Waals surface area contributed by atoms with Gasteiger partial charge in [-0.3, -0.25) is 0 Å². The third-order valence-electron chi connectivity index (χ3n) is 4.92. The average Bonchev–Trinajstić information content (AvgIpc) is 2.72. The van der Waals surface area contributed by atoms with Crippen molar-refractivity contribution >= 4 is 10.9 Å². The quantitative estimate of drug-likeness (QED) is 0.374. The molecule has 0 unspecified atom stereocenters. The predicted molar refractivity (Wildman–Crippen MR) is 111 cm³/mol. The van der Waals surface area contributed by atoms with Crippen molar-refractivity contribution < 1.29 is 4.39 Å². The molecule has 0 fully saturated rings. The predicted octanol–water partition coefficient (Wildman–Crippen LogP) is 7.05. The third kappa shape index (κ3) is 3.75. The molecule has 134 valence electrons. The molecular formula is C25H22FN. The standard InChI is InChI=1S/C25H22FN/c1-2-3-7-18-8-6-10-20(16-18)22-17-21(12-14-23(22)26)25-15-13-19-9-4-5-11-24(19)27-25/h4-6,8-17H,2-3,7H2,1H3. The van der Waals surface area contributed by atoms with Gasteiger partial charge in [0.05, 0.1) is 11.2 Å². The van der Waals surface area contributed by atoms with Crippen LogP contribution in [0.5, 0.6) is 0 Å². The van der Waals surface area contributed by atoms with Gasteiger partial charge in [0.2, 0.25) is 0 Å². The van der Waals surface area contributed by atoms with Crippen LogP contribution in [0.1, 0.15) is 25.3 Å².